The van der Waals surface area contributed by atoms with Crippen LogP contribution in [0.4, 0.5) is 14.7 Å². The molecule has 1 fully saturated rings. The Morgan fingerprint density at radius 2 is 1.79 bits per heavy atom. The third-order valence-corrected chi connectivity index (χ3v) is 8.04. The van der Waals surface area contributed by atoms with Gasteiger partial charge in [0.1, 0.15) is 5.75 Å². The van der Waals surface area contributed by atoms with E-state index in [0.29, 0.717) is 34.8 Å². The lowest BCUT2D eigenvalue weighted by Gasteiger charge is -2.32. The number of carbonyl (C=O) groups excluding carboxylic acids is 1. The van der Waals surface area contributed by atoms with Crippen molar-refractivity contribution in [2.45, 2.75) is 25.0 Å². The Morgan fingerprint density at radius 3 is 2.54 bits per heavy atom. The summed E-state index contributed by atoms with van der Waals surface area (Å²) in [5, 5.41) is 4.77. The Kier molecular flexibility index (Phi) is 5.48. The molecule has 1 saturated heterocycles. The quantitative estimate of drug-likeness (QED) is 0.396. The summed E-state index contributed by atoms with van der Waals surface area (Å²) >= 11 is 0. The van der Waals surface area contributed by atoms with E-state index >= 15 is 0 Å². The van der Waals surface area contributed by atoms with Crippen molar-refractivity contribution in [3.8, 4) is 17.0 Å². The summed E-state index contributed by atoms with van der Waals surface area (Å²) in [5.74, 6) is 0.0800. The number of anilines is 1. The van der Waals surface area contributed by atoms with Gasteiger partial charge in [-0.1, -0.05) is 6.07 Å². The van der Waals surface area contributed by atoms with Gasteiger partial charge in [0.2, 0.25) is 5.95 Å². The number of alkyl halides is 2. The van der Waals surface area contributed by atoms with E-state index in [-0.39, 0.29) is 23.6 Å². The van der Waals surface area contributed by atoms with Gasteiger partial charge in [-0.2, -0.15) is 13.9 Å². The van der Waals surface area contributed by atoms with E-state index in [2.05, 4.69) is 26.8 Å². The lowest BCUT2D eigenvalue weighted by molar-refractivity contribution is -0.0505. The second-order valence-corrected chi connectivity index (χ2v) is 10.3. The number of aromatic nitrogens is 5. The van der Waals surface area contributed by atoms with Crippen LogP contribution in [0.3, 0.4) is 0 Å². The fraction of sp³-hybridized carbons (Fsp3) is 0.370. The van der Waals surface area contributed by atoms with Crippen molar-refractivity contribution in [3.05, 3.63) is 65.2 Å². The molecule has 1 aliphatic carbocycles. The maximum atomic E-state index is 13.3. The number of likely N-dealkylation sites (N-methyl/N-ethyl adjacent to an activating group) is 1. The monoisotopic (exact) mass is 532 g/mol. The Hall–Kier alpha value is -4.19. The summed E-state index contributed by atoms with van der Waals surface area (Å²) in [6.07, 6.45) is 5.88. The van der Waals surface area contributed by atoms with Gasteiger partial charge in [-0.25, -0.2) is 19.5 Å². The molecule has 3 aromatic heterocycles. The Labute approximate surface area is 222 Å². The minimum atomic E-state index is -3.01. The molecule has 2 bridgehead atoms. The van der Waals surface area contributed by atoms with Gasteiger partial charge in [0.15, 0.2) is 5.65 Å². The van der Waals surface area contributed by atoms with Crippen molar-refractivity contribution < 1.29 is 18.3 Å². The van der Waals surface area contributed by atoms with Gasteiger partial charge < -0.3 is 19.4 Å². The molecule has 10 nitrogen and oxygen atoms in total. The van der Waals surface area contributed by atoms with E-state index < -0.39 is 6.61 Å². The number of hydrogen-bond donors (Lipinski definition) is 0. The molecular formula is C27H26F2N8O2. The van der Waals surface area contributed by atoms with Crippen LogP contribution in [0.1, 0.15) is 45.6 Å². The highest BCUT2D eigenvalue weighted by Crippen LogP contribution is 2.53. The molecule has 7 rings (SSSR count). The van der Waals surface area contributed by atoms with Gasteiger partial charge in [-0.05, 0) is 31.7 Å². The molecule has 39 heavy (non-hydrogen) atoms. The van der Waals surface area contributed by atoms with Crippen LogP contribution in [-0.2, 0) is 0 Å². The van der Waals surface area contributed by atoms with Gasteiger partial charge in [0.25, 0.3) is 5.91 Å². The number of nitrogens with zero attached hydrogens (tertiary/aromatic N) is 8. The first-order valence-electron chi connectivity index (χ1n) is 12.9. The van der Waals surface area contributed by atoms with Crippen LogP contribution in [0.2, 0.25) is 0 Å². The maximum absolute atomic E-state index is 13.3. The largest absolute Gasteiger partial charge is 0.434 e. The number of ether oxygens (including phenoxy) is 1. The smallest absolute Gasteiger partial charge is 0.387 e. The van der Waals surface area contributed by atoms with Crippen molar-refractivity contribution in [1.82, 2.24) is 34.4 Å². The summed E-state index contributed by atoms with van der Waals surface area (Å²) in [6, 6.07) is 6.26. The van der Waals surface area contributed by atoms with E-state index in [0.717, 1.165) is 43.0 Å². The van der Waals surface area contributed by atoms with E-state index in [1.807, 2.05) is 12.3 Å². The number of piperazine rings is 1. The van der Waals surface area contributed by atoms with E-state index in [1.165, 1.54) is 6.07 Å². The number of carbonyl (C=O) groups is 1. The molecule has 1 amide bonds. The van der Waals surface area contributed by atoms with Gasteiger partial charge in [0.05, 0.1) is 17.4 Å². The summed E-state index contributed by atoms with van der Waals surface area (Å²) < 4.78 is 33.3. The van der Waals surface area contributed by atoms with Crippen LogP contribution in [0, 0.1) is 0 Å². The molecular weight excluding hydrogens is 506 g/mol. The first-order chi connectivity index (χ1) is 18.9. The normalized spacial score (nSPS) is 20.9. The third-order valence-electron chi connectivity index (χ3n) is 8.04. The SMILES string of the molecule is CN1CCN(c2ncc(-c3ccn4nc5c(c4n3)C3CC5N(C)C(=O)c4cccc(OC(F)F)c43)cn2)CC1. The summed E-state index contributed by atoms with van der Waals surface area (Å²) in [5.41, 5.74) is 4.41. The highest BCUT2D eigenvalue weighted by molar-refractivity contribution is 5.98. The number of hydrogen-bond acceptors (Lipinski definition) is 8. The molecule has 5 heterocycles. The molecule has 3 aliphatic rings. The van der Waals surface area contributed by atoms with Gasteiger partial charge in [-0.15, -0.1) is 0 Å². The third kappa shape index (κ3) is 3.81. The van der Waals surface area contributed by atoms with Crippen LogP contribution < -0.4 is 9.64 Å². The lowest BCUT2D eigenvalue weighted by atomic mass is 9.89. The molecule has 12 heteroatoms. The van der Waals surface area contributed by atoms with Gasteiger partial charge >= 0.3 is 6.61 Å². The van der Waals surface area contributed by atoms with Crippen molar-refractivity contribution in [3.63, 3.8) is 0 Å². The molecule has 0 spiro atoms. The zero-order valence-corrected chi connectivity index (χ0v) is 21.5. The molecule has 2 atom stereocenters. The average molecular weight is 533 g/mol. The lowest BCUT2D eigenvalue weighted by Crippen LogP contribution is -2.45. The van der Waals surface area contributed by atoms with Crippen LogP contribution in [-0.4, -0.2) is 87.2 Å². The Morgan fingerprint density at radius 1 is 1.03 bits per heavy atom. The highest BCUT2D eigenvalue weighted by Gasteiger charge is 2.46. The summed E-state index contributed by atoms with van der Waals surface area (Å²) in [7, 11) is 3.82. The van der Waals surface area contributed by atoms with E-state index in [9.17, 15) is 13.6 Å². The topological polar surface area (TPSA) is 92.0 Å². The maximum Gasteiger partial charge on any atom is 0.387 e. The second kappa shape index (κ2) is 8.94. The molecule has 0 radical (unpaired) electrons. The van der Waals surface area contributed by atoms with Crippen LogP contribution in [0.25, 0.3) is 16.9 Å². The molecule has 1 aromatic carbocycles. The fourth-order valence-electron chi connectivity index (χ4n) is 6.00. The first-order valence-corrected chi connectivity index (χ1v) is 12.9. The zero-order valence-electron chi connectivity index (χ0n) is 21.5. The van der Waals surface area contributed by atoms with Gasteiger partial charge in [-0.3, -0.25) is 4.79 Å². The van der Waals surface area contributed by atoms with Crippen molar-refractivity contribution in [1.29, 1.82) is 0 Å². The second-order valence-electron chi connectivity index (χ2n) is 10.3. The fourth-order valence-corrected chi connectivity index (χ4v) is 6.00. The van der Waals surface area contributed by atoms with Crippen LogP contribution in [0.15, 0.2) is 42.9 Å². The number of fused-ring (bicyclic) bond motifs is 9. The van der Waals surface area contributed by atoms with Gasteiger partial charge in [0, 0.05) is 80.0 Å². The minimum absolute atomic E-state index is 0.00569. The van der Waals surface area contributed by atoms with E-state index in [4.69, 9.17) is 14.8 Å². The molecule has 4 aromatic rings. The van der Waals surface area contributed by atoms with Crippen molar-refractivity contribution in [2.24, 2.45) is 0 Å². The molecule has 0 saturated carbocycles. The zero-order chi connectivity index (χ0) is 26.8. The van der Waals surface area contributed by atoms with Crippen LogP contribution >= 0.6 is 0 Å². The first kappa shape index (κ1) is 23.9. The highest BCUT2D eigenvalue weighted by atomic mass is 19.3. The Balaban J connectivity index is 1.31. The molecule has 0 N–H and O–H groups in total. The molecule has 200 valence electrons. The number of benzene rings is 1. The predicted octanol–water partition coefficient (Wildman–Crippen LogP) is 3.20. The predicted molar refractivity (Wildman–Crippen MR) is 138 cm³/mol. The standard InChI is InChI=1S/C27H26F2N8O2/c1-34-8-10-36(11-9-34)27-30-13-15(14-31-27)18-6-7-37-24(32-18)22-17-12-19(23(22)33-37)35(2)25(38)16-4-3-5-20(21(16)17)39-26(28)29/h3-7,13-14,17,19,26H,8-12H2,1-2H3. The molecule has 2 unspecified atom stereocenters. The summed E-state index contributed by atoms with van der Waals surface area (Å²) in [6.45, 7) is 0.671. The van der Waals surface area contributed by atoms with E-state index in [1.54, 1.807) is 41.0 Å². The van der Waals surface area contributed by atoms with Crippen molar-refractivity contribution in [2.75, 3.05) is 45.2 Å². The number of amides is 1. The minimum Gasteiger partial charge on any atom is -0.434 e. The Bertz CT molecular complexity index is 1580. The average Bonchev–Trinajstić information content (AvgIpc) is 3.46. The number of rotatable bonds is 4. The number of halogens is 2. The van der Waals surface area contributed by atoms with Crippen molar-refractivity contribution >= 4 is 17.5 Å². The molecule has 2 aliphatic heterocycles. The summed E-state index contributed by atoms with van der Waals surface area (Å²) in [4.78, 5) is 33.5. The van der Waals surface area contributed by atoms with Crippen LogP contribution in [0.5, 0.6) is 5.75 Å².